The van der Waals surface area contributed by atoms with Crippen LogP contribution in [-0.2, 0) is 9.59 Å². The lowest BCUT2D eigenvalue weighted by atomic mass is 10.0. The number of nitrogens with zero attached hydrogens (tertiary/aromatic N) is 1. The zero-order chi connectivity index (χ0) is 15.5. The molecule has 21 heavy (non-hydrogen) atoms. The normalized spacial score (nSPS) is 26.0. The number of fused-ring (bicyclic) bond motifs is 1. The molecule has 2 fully saturated rings. The molecule has 0 N–H and O–H groups in total. The van der Waals surface area contributed by atoms with Gasteiger partial charge in [0.25, 0.3) is 0 Å². The lowest BCUT2D eigenvalue weighted by Gasteiger charge is -2.20. The molecule has 1 saturated carbocycles. The maximum atomic E-state index is 12.3. The minimum absolute atomic E-state index is 0.226. The molecule has 1 aliphatic heterocycles. The molecule has 1 aliphatic carbocycles. The summed E-state index contributed by atoms with van der Waals surface area (Å²) in [4.78, 5) is 37.7. The van der Waals surface area contributed by atoms with Gasteiger partial charge in [0.1, 0.15) is 0 Å². The van der Waals surface area contributed by atoms with E-state index in [1.807, 2.05) is 13.8 Å². The van der Waals surface area contributed by atoms with E-state index < -0.39 is 0 Å². The van der Waals surface area contributed by atoms with Crippen molar-refractivity contribution in [1.29, 1.82) is 0 Å². The predicted molar refractivity (Wildman–Crippen MR) is 78.3 cm³/mol. The van der Waals surface area contributed by atoms with Gasteiger partial charge in [-0.3, -0.25) is 19.3 Å². The third kappa shape index (κ3) is 2.09. The summed E-state index contributed by atoms with van der Waals surface area (Å²) >= 11 is 11.8. The average Bonchev–Trinajstić information content (AvgIpc) is 2.89. The van der Waals surface area contributed by atoms with Crippen molar-refractivity contribution in [3.63, 3.8) is 0 Å². The second-order valence-electron chi connectivity index (χ2n) is 6.09. The largest absolute Gasteiger partial charge is 0.292 e. The molecule has 2 unspecified atom stereocenters. The molecule has 110 valence electrons. The molecule has 2 atom stereocenters. The van der Waals surface area contributed by atoms with Crippen LogP contribution in [0.4, 0.5) is 0 Å². The van der Waals surface area contributed by atoms with Gasteiger partial charge in [-0.1, -0.05) is 37.0 Å². The fourth-order valence-electron chi connectivity index (χ4n) is 3.10. The number of ketones is 1. The Morgan fingerprint density at radius 1 is 1.19 bits per heavy atom. The lowest BCUT2D eigenvalue weighted by molar-refractivity contribution is -0.142. The Balaban J connectivity index is 1.79. The number of rotatable bonds is 3. The second-order valence-corrected chi connectivity index (χ2v) is 6.93. The van der Waals surface area contributed by atoms with E-state index in [0.717, 1.165) is 4.90 Å². The first-order chi connectivity index (χ1) is 9.75. The van der Waals surface area contributed by atoms with Gasteiger partial charge >= 0.3 is 0 Å². The Morgan fingerprint density at radius 3 is 2.33 bits per heavy atom. The Hall–Kier alpha value is -1.39. The minimum atomic E-state index is -0.386. The van der Waals surface area contributed by atoms with Crippen molar-refractivity contribution in [3.05, 3.63) is 33.8 Å². The van der Waals surface area contributed by atoms with Crippen LogP contribution in [0.2, 0.25) is 10.0 Å². The van der Waals surface area contributed by atoms with Crippen LogP contribution < -0.4 is 0 Å². The molecule has 2 amide bonds. The Labute approximate surface area is 132 Å². The predicted octanol–water partition coefficient (Wildman–Crippen LogP) is 2.82. The number of amides is 2. The number of likely N-dealkylation sites (tertiary alicyclic amines) is 1. The molecule has 4 nitrogen and oxygen atoms in total. The number of halogens is 2. The standard InChI is InChI=1S/C15H13Cl2NO3/c1-15(2)11-12(15)14(21)18(13(11)20)6-10(19)8-5-7(16)3-4-9(8)17/h3-5,11-12H,6H2,1-2H3. The number of carbonyl (C=O) groups is 3. The number of benzene rings is 1. The molecular weight excluding hydrogens is 313 g/mol. The van der Waals surface area contributed by atoms with Crippen molar-refractivity contribution in [1.82, 2.24) is 4.90 Å². The number of imide groups is 1. The van der Waals surface area contributed by atoms with Crippen LogP contribution in [0.15, 0.2) is 18.2 Å². The molecule has 6 heteroatoms. The van der Waals surface area contributed by atoms with Gasteiger partial charge in [0, 0.05) is 10.6 Å². The highest BCUT2D eigenvalue weighted by Crippen LogP contribution is 2.63. The van der Waals surface area contributed by atoms with Gasteiger partial charge in [-0.25, -0.2) is 0 Å². The molecule has 1 heterocycles. The summed E-state index contributed by atoms with van der Waals surface area (Å²) in [5.41, 5.74) is -0.0499. The van der Waals surface area contributed by atoms with Gasteiger partial charge in [0.05, 0.1) is 23.4 Å². The van der Waals surface area contributed by atoms with Crippen LogP contribution in [0.5, 0.6) is 0 Å². The van der Waals surface area contributed by atoms with E-state index >= 15 is 0 Å². The van der Waals surface area contributed by atoms with Gasteiger partial charge in [0.2, 0.25) is 11.8 Å². The van der Waals surface area contributed by atoms with Crippen molar-refractivity contribution in [2.45, 2.75) is 13.8 Å². The number of Topliss-reactive ketones (excluding diaryl/α,β-unsaturated/α-hetero) is 1. The van der Waals surface area contributed by atoms with Crippen molar-refractivity contribution in [2.24, 2.45) is 17.3 Å². The van der Waals surface area contributed by atoms with Crippen molar-refractivity contribution in [3.8, 4) is 0 Å². The summed E-state index contributed by atoms with van der Waals surface area (Å²) in [6, 6.07) is 4.54. The summed E-state index contributed by atoms with van der Waals surface area (Å²) < 4.78 is 0. The molecule has 3 rings (SSSR count). The molecule has 0 radical (unpaired) electrons. The average molecular weight is 326 g/mol. The highest BCUT2D eigenvalue weighted by atomic mass is 35.5. The van der Waals surface area contributed by atoms with E-state index in [1.54, 1.807) is 6.07 Å². The van der Waals surface area contributed by atoms with E-state index in [9.17, 15) is 14.4 Å². The smallest absolute Gasteiger partial charge is 0.234 e. The SMILES string of the molecule is CC1(C)C2C(=O)N(CC(=O)c3cc(Cl)ccc3Cl)C(=O)C21. The van der Waals surface area contributed by atoms with Crippen LogP contribution in [0, 0.1) is 17.3 Å². The van der Waals surface area contributed by atoms with Crippen molar-refractivity contribution in [2.75, 3.05) is 6.54 Å². The first kappa shape index (κ1) is 14.5. The van der Waals surface area contributed by atoms with Crippen LogP contribution >= 0.6 is 23.2 Å². The molecule has 1 saturated heterocycles. The Bertz CT molecular complexity index is 659. The van der Waals surface area contributed by atoms with Gasteiger partial charge in [-0.05, 0) is 23.6 Å². The van der Waals surface area contributed by atoms with Gasteiger partial charge < -0.3 is 0 Å². The maximum Gasteiger partial charge on any atom is 0.234 e. The fraction of sp³-hybridized carbons (Fsp3) is 0.400. The van der Waals surface area contributed by atoms with E-state index in [1.165, 1.54) is 12.1 Å². The van der Waals surface area contributed by atoms with Gasteiger partial charge in [0.15, 0.2) is 5.78 Å². The monoisotopic (exact) mass is 325 g/mol. The quantitative estimate of drug-likeness (QED) is 0.634. The van der Waals surface area contributed by atoms with Crippen molar-refractivity contribution < 1.29 is 14.4 Å². The number of hydrogen-bond donors (Lipinski definition) is 0. The van der Waals surface area contributed by atoms with Crippen LogP contribution in [0.25, 0.3) is 0 Å². The summed E-state index contributed by atoms with van der Waals surface area (Å²) in [6.45, 7) is 3.51. The first-order valence-corrected chi connectivity index (χ1v) is 7.34. The second kappa shape index (κ2) is 4.55. The number of piperidine rings is 1. The third-order valence-corrected chi connectivity index (χ3v) is 4.99. The Kier molecular flexibility index (Phi) is 3.15. The molecule has 1 aromatic carbocycles. The van der Waals surface area contributed by atoms with E-state index in [2.05, 4.69) is 0 Å². The zero-order valence-electron chi connectivity index (χ0n) is 11.5. The third-order valence-electron chi connectivity index (χ3n) is 4.42. The first-order valence-electron chi connectivity index (χ1n) is 6.58. The summed E-state index contributed by atoms with van der Waals surface area (Å²) in [5.74, 6) is -1.48. The summed E-state index contributed by atoms with van der Waals surface area (Å²) in [6.07, 6.45) is 0. The van der Waals surface area contributed by atoms with Crippen LogP contribution in [-0.4, -0.2) is 29.0 Å². The molecule has 1 aromatic rings. The van der Waals surface area contributed by atoms with Crippen LogP contribution in [0.1, 0.15) is 24.2 Å². The molecule has 0 bridgehead atoms. The van der Waals surface area contributed by atoms with E-state index in [-0.39, 0.29) is 52.0 Å². The molecule has 2 aliphatic rings. The summed E-state index contributed by atoms with van der Waals surface area (Å²) in [7, 11) is 0. The maximum absolute atomic E-state index is 12.3. The highest BCUT2D eigenvalue weighted by molar-refractivity contribution is 6.36. The fourth-order valence-corrected chi connectivity index (χ4v) is 3.49. The zero-order valence-corrected chi connectivity index (χ0v) is 13.0. The highest BCUT2D eigenvalue weighted by Gasteiger charge is 2.72. The van der Waals surface area contributed by atoms with Gasteiger partial charge in [-0.15, -0.1) is 0 Å². The number of hydrogen-bond acceptors (Lipinski definition) is 3. The minimum Gasteiger partial charge on any atom is -0.292 e. The van der Waals surface area contributed by atoms with Crippen molar-refractivity contribution >= 4 is 40.8 Å². The molecular formula is C15H13Cl2NO3. The molecule has 0 aromatic heterocycles. The van der Waals surface area contributed by atoms with E-state index in [4.69, 9.17) is 23.2 Å². The number of carbonyl (C=O) groups excluding carboxylic acids is 3. The summed E-state index contributed by atoms with van der Waals surface area (Å²) in [5, 5.41) is 0.639. The lowest BCUT2D eigenvalue weighted by Crippen LogP contribution is -2.39. The van der Waals surface area contributed by atoms with E-state index in [0.29, 0.717) is 5.02 Å². The van der Waals surface area contributed by atoms with Crippen LogP contribution in [0.3, 0.4) is 0 Å². The topological polar surface area (TPSA) is 54.5 Å². The van der Waals surface area contributed by atoms with Gasteiger partial charge in [-0.2, -0.15) is 0 Å². The Morgan fingerprint density at radius 2 is 1.76 bits per heavy atom. The molecule has 0 spiro atoms.